The highest BCUT2D eigenvalue weighted by Gasteiger charge is 2.48. The number of amides is 2. The Labute approximate surface area is 196 Å². The van der Waals surface area contributed by atoms with E-state index in [-0.39, 0.29) is 23.8 Å². The Hall–Kier alpha value is -2.34. The molecule has 5 atom stereocenters. The van der Waals surface area contributed by atoms with Gasteiger partial charge in [0.15, 0.2) is 0 Å². The van der Waals surface area contributed by atoms with E-state index in [1.165, 1.54) is 37.8 Å². The molecule has 0 N–H and O–H groups in total. The Kier molecular flexibility index (Phi) is 5.44. The summed E-state index contributed by atoms with van der Waals surface area (Å²) in [4.78, 5) is 33.3. The highest BCUT2D eigenvalue weighted by atomic mass is 16.5. The van der Waals surface area contributed by atoms with Gasteiger partial charge in [0, 0.05) is 37.8 Å². The van der Waals surface area contributed by atoms with Crippen LogP contribution >= 0.6 is 0 Å². The quantitative estimate of drug-likeness (QED) is 0.663. The number of carbonyl (C=O) groups is 2. The maximum absolute atomic E-state index is 13.8. The first-order chi connectivity index (χ1) is 16.1. The summed E-state index contributed by atoms with van der Waals surface area (Å²) in [5, 5.41) is 0. The minimum Gasteiger partial charge on any atom is -0.497 e. The molecular weight excluding hydrogens is 414 g/mol. The zero-order chi connectivity index (χ0) is 22.5. The van der Waals surface area contributed by atoms with Gasteiger partial charge in [-0.1, -0.05) is 18.1 Å². The Morgan fingerprint density at radius 1 is 1.06 bits per heavy atom. The van der Waals surface area contributed by atoms with E-state index in [1.54, 1.807) is 12.0 Å². The van der Waals surface area contributed by atoms with Crippen molar-refractivity contribution in [2.45, 2.75) is 57.0 Å². The smallest absolute Gasteiger partial charge is 0.228 e. The number of hydrogen-bond acceptors (Lipinski definition) is 4. The normalized spacial score (nSPS) is 33.9. The fourth-order valence-electron chi connectivity index (χ4n) is 7.34. The monoisotopic (exact) mass is 449 g/mol. The summed E-state index contributed by atoms with van der Waals surface area (Å²) >= 11 is 0. The van der Waals surface area contributed by atoms with Gasteiger partial charge < -0.3 is 14.5 Å². The second kappa shape index (κ2) is 8.46. The van der Waals surface area contributed by atoms with E-state index in [2.05, 4.69) is 15.9 Å². The molecule has 33 heavy (non-hydrogen) atoms. The zero-order valence-corrected chi connectivity index (χ0v) is 19.6. The molecule has 176 valence electrons. The molecule has 0 radical (unpaired) electrons. The van der Waals surface area contributed by atoms with Crippen LogP contribution in [0.1, 0.15) is 44.9 Å². The third-order valence-corrected chi connectivity index (χ3v) is 8.80. The van der Waals surface area contributed by atoms with Crippen molar-refractivity contribution in [1.29, 1.82) is 0 Å². The summed E-state index contributed by atoms with van der Waals surface area (Å²) in [6.07, 6.45) is 10.3. The van der Waals surface area contributed by atoms with Crippen molar-refractivity contribution in [3.8, 4) is 5.75 Å². The summed E-state index contributed by atoms with van der Waals surface area (Å²) in [7, 11) is 1.64. The number of methoxy groups -OCH3 is 1. The predicted molar refractivity (Wildman–Crippen MR) is 127 cm³/mol. The minimum absolute atomic E-state index is 0.0452. The first kappa shape index (κ1) is 21.2. The van der Waals surface area contributed by atoms with E-state index in [1.807, 2.05) is 24.3 Å². The maximum Gasteiger partial charge on any atom is 0.228 e. The Balaban J connectivity index is 1.21. The first-order valence-corrected chi connectivity index (χ1v) is 12.8. The summed E-state index contributed by atoms with van der Waals surface area (Å²) < 4.78 is 5.24. The molecule has 0 saturated carbocycles. The Morgan fingerprint density at radius 2 is 1.91 bits per heavy atom. The average molecular weight is 450 g/mol. The number of likely N-dealkylation sites (tertiary alicyclic amines) is 1. The molecule has 1 aliphatic carbocycles. The van der Waals surface area contributed by atoms with Crippen LogP contribution in [0.15, 0.2) is 35.9 Å². The van der Waals surface area contributed by atoms with Crippen LogP contribution < -0.4 is 9.64 Å². The molecule has 6 rings (SSSR count). The van der Waals surface area contributed by atoms with Gasteiger partial charge in [-0.15, -0.1) is 0 Å². The number of benzene rings is 1. The number of anilines is 1. The van der Waals surface area contributed by atoms with Gasteiger partial charge in [-0.05, 0) is 74.8 Å². The molecule has 0 aromatic heterocycles. The minimum atomic E-state index is -0.247. The molecule has 1 aromatic carbocycles. The lowest BCUT2D eigenvalue weighted by molar-refractivity contribution is -0.140. The van der Waals surface area contributed by atoms with Crippen LogP contribution in [0.2, 0.25) is 0 Å². The van der Waals surface area contributed by atoms with Crippen LogP contribution in [0, 0.1) is 17.8 Å². The fourth-order valence-corrected chi connectivity index (χ4v) is 7.34. The molecule has 6 nitrogen and oxygen atoms in total. The molecular formula is C27H35N3O3. The fraction of sp³-hybridized carbons (Fsp3) is 0.630. The highest BCUT2D eigenvalue weighted by Crippen LogP contribution is 2.45. The van der Waals surface area contributed by atoms with E-state index in [0.29, 0.717) is 24.8 Å². The van der Waals surface area contributed by atoms with Crippen molar-refractivity contribution in [2.24, 2.45) is 17.8 Å². The number of fused-ring (bicyclic) bond motifs is 6. The molecule has 4 heterocycles. The molecule has 2 bridgehead atoms. The van der Waals surface area contributed by atoms with Gasteiger partial charge in [0.1, 0.15) is 5.75 Å². The number of rotatable bonds is 3. The summed E-state index contributed by atoms with van der Waals surface area (Å²) in [5.41, 5.74) is 2.36. The SMILES string of the molecule is COc1ccc(N2C[C@H](C(=O)N3CCCC4=C[C@H]5C[C@@H](CN6CCCC[C@@H]56)[C@@H]43)CC2=O)cc1. The third kappa shape index (κ3) is 3.67. The van der Waals surface area contributed by atoms with E-state index in [9.17, 15) is 9.59 Å². The van der Waals surface area contributed by atoms with Crippen molar-refractivity contribution in [2.75, 3.05) is 38.2 Å². The Bertz CT molecular complexity index is 958. The third-order valence-electron chi connectivity index (χ3n) is 8.80. The standard InChI is InChI=1S/C27H35N3O3/c1-33-23-9-7-22(8-10-23)30-17-21(15-25(30)31)27(32)29-12-4-5-18-13-19-14-20(26(18)29)16-28-11-3-2-6-24(19)28/h7-10,13,19-21,24,26H,2-6,11-12,14-17H2,1H3/t19-,20-,21+,24-,26+/m0/s1. The number of ether oxygens (including phenoxy) is 1. The molecule has 4 aliphatic heterocycles. The second-order valence-electron chi connectivity index (χ2n) is 10.6. The van der Waals surface area contributed by atoms with Gasteiger partial charge in [-0.2, -0.15) is 0 Å². The van der Waals surface area contributed by atoms with Crippen molar-refractivity contribution in [3.05, 3.63) is 35.9 Å². The topological polar surface area (TPSA) is 53.1 Å². The number of carbonyl (C=O) groups excluding carboxylic acids is 2. The number of hydrogen-bond donors (Lipinski definition) is 0. The maximum atomic E-state index is 13.8. The average Bonchev–Trinajstić information content (AvgIpc) is 3.25. The lowest BCUT2D eigenvalue weighted by Gasteiger charge is -2.55. The van der Waals surface area contributed by atoms with Crippen LogP contribution in [0.25, 0.3) is 0 Å². The van der Waals surface area contributed by atoms with Gasteiger partial charge in [-0.25, -0.2) is 0 Å². The zero-order valence-electron chi connectivity index (χ0n) is 19.6. The number of piperidine rings is 3. The van der Waals surface area contributed by atoms with Crippen molar-refractivity contribution in [1.82, 2.24) is 9.80 Å². The predicted octanol–water partition coefficient (Wildman–Crippen LogP) is 3.47. The van der Waals surface area contributed by atoms with Gasteiger partial charge in [0.05, 0.1) is 19.1 Å². The molecule has 6 heteroatoms. The van der Waals surface area contributed by atoms with E-state index >= 15 is 0 Å². The second-order valence-corrected chi connectivity index (χ2v) is 10.6. The van der Waals surface area contributed by atoms with E-state index in [4.69, 9.17) is 4.74 Å². The van der Waals surface area contributed by atoms with Crippen LogP contribution in [0.4, 0.5) is 5.69 Å². The molecule has 5 aliphatic rings. The van der Waals surface area contributed by atoms with Gasteiger partial charge in [0.2, 0.25) is 11.8 Å². The molecule has 2 amide bonds. The lowest BCUT2D eigenvalue weighted by Crippen LogP contribution is -2.60. The Morgan fingerprint density at radius 3 is 2.73 bits per heavy atom. The van der Waals surface area contributed by atoms with Crippen LogP contribution in [0.5, 0.6) is 5.75 Å². The molecule has 4 fully saturated rings. The summed E-state index contributed by atoms with van der Waals surface area (Å²) in [6.45, 7) is 3.66. The van der Waals surface area contributed by atoms with E-state index in [0.717, 1.165) is 43.4 Å². The van der Waals surface area contributed by atoms with Gasteiger partial charge >= 0.3 is 0 Å². The number of nitrogens with zero attached hydrogens (tertiary/aromatic N) is 3. The van der Waals surface area contributed by atoms with Crippen LogP contribution in [-0.2, 0) is 9.59 Å². The van der Waals surface area contributed by atoms with Crippen molar-refractivity contribution in [3.63, 3.8) is 0 Å². The van der Waals surface area contributed by atoms with E-state index < -0.39 is 0 Å². The van der Waals surface area contributed by atoms with Gasteiger partial charge in [0.25, 0.3) is 0 Å². The molecule has 0 spiro atoms. The van der Waals surface area contributed by atoms with Crippen molar-refractivity contribution >= 4 is 17.5 Å². The first-order valence-electron chi connectivity index (χ1n) is 12.8. The molecule has 0 unspecified atom stereocenters. The summed E-state index contributed by atoms with van der Waals surface area (Å²) in [6, 6.07) is 8.52. The lowest BCUT2D eigenvalue weighted by atomic mass is 9.68. The molecule has 4 saturated heterocycles. The molecule has 1 aromatic rings. The largest absolute Gasteiger partial charge is 0.497 e. The van der Waals surface area contributed by atoms with Crippen LogP contribution in [0.3, 0.4) is 0 Å². The van der Waals surface area contributed by atoms with Crippen LogP contribution in [-0.4, -0.2) is 67.0 Å². The summed E-state index contributed by atoms with van der Waals surface area (Å²) in [5.74, 6) is 1.97. The highest BCUT2D eigenvalue weighted by molar-refractivity contribution is 6.00. The van der Waals surface area contributed by atoms with Gasteiger partial charge in [-0.3, -0.25) is 14.5 Å². The van der Waals surface area contributed by atoms with Crippen molar-refractivity contribution < 1.29 is 14.3 Å².